The van der Waals surface area contributed by atoms with Gasteiger partial charge in [-0.3, -0.25) is 4.90 Å². The van der Waals surface area contributed by atoms with E-state index < -0.39 is 9.84 Å². The summed E-state index contributed by atoms with van der Waals surface area (Å²) in [5.74, 6) is 0.395. The first kappa shape index (κ1) is 22.6. The van der Waals surface area contributed by atoms with Gasteiger partial charge in [0.1, 0.15) is 9.84 Å². The molecule has 2 amide bonds. The third-order valence-corrected chi connectivity index (χ3v) is 8.54. The zero-order valence-electron chi connectivity index (χ0n) is 18.9. The van der Waals surface area contributed by atoms with Gasteiger partial charge in [-0.2, -0.15) is 0 Å². The van der Waals surface area contributed by atoms with Gasteiger partial charge >= 0.3 is 6.03 Å². The van der Waals surface area contributed by atoms with Crippen molar-refractivity contribution in [2.24, 2.45) is 5.92 Å². The SMILES string of the molecule is CN(C)[C@]1(c2ccccc2)CC[C@]2(CC1)CN(CCS(C)(=O)=O)C(=O)N2CC1COC1. The summed E-state index contributed by atoms with van der Waals surface area (Å²) in [5, 5.41) is 0. The van der Waals surface area contributed by atoms with Gasteiger partial charge in [0.25, 0.3) is 0 Å². The maximum absolute atomic E-state index is 13.3. The maximum Gasteiger partial charge on any atom is 0.320 e. The molecule has 1 aromatic carbocycles. The topological polar surface area (TPSA) is 70.2 Å². The molecule has 7 nitrogen and oxygen atoms in total. The highest BCUT2D eigenvalue weighted by Gasteiger charge is 2.54. The fraction of sp³-hybridized carbons (Fsp3) is 0.696. The minimum absolute atomic E-state index is 0.00684. The number of hydrogen-bond donors (Lipinski definition) is 0. The summed E-state index contributed by atoms with van der Waals surface area (Å²) in [4.78, 5) is 19.5. The quantitative estimate of drug-likeness (QED) is 0.638. The molecule has 2 heterocycles. The van der Waals surface area contributed by atoms with Gasteiger partial charge in [-0.1, -0.05) is 30.3 Å². The molecule has 4 rings (SSSR count). The third-order valence-electron chi connectivity index (χ3n) is 7.61. The van der Waals surface area contributed by atoms with E-state index in [1.54, 1.807) is 4.90 Å². The van der Waals surface area contributed by atoms with Crippen LogP contribution in [0.15, 0.2) is 30.3 Å². The maximum atomic E-state index is 13.3. The van der Waals surface area contributed by atoms with E-state index in [0.717, 1.165) is 25.7 Å². The van der Waals surface area contributed by atoms with Crippen LogP contribution in [0.1, 0.15) is 31.2 Å². The van der Waals surface area contributed by atoms with Crippen molar-refractivity contribution in [1.29, 1.82) is 0 Å². The van der Waals surface area contributed by atoms with Crippen LogP contribution in [0.3, 0.4) is 0 Å². The Balaban J connectivity index is 1.57. The molecule has 0 radical (unpaired) electrons. The Kier molecular flexibility index (Phi) is 6.09. The number of benzene rings is 1. The molecule has 3 fully saturated rings. The number of rotatable bonds is 7. The molecule has 2 saturated heterocycles. The molecule has 3 aliphatic rings. The summed E-state index contributed by atoms with van der Waals surface area (Å²) in [6, 6.07) is 10.7. The summed E-state index contributed by atoms with van der Waals surface area (Å²) in [6.07, 6.45) is 4.99. The molecule has 1 spiro atoms. The van der Waals surface area contributed by atoms with Crippen molar-refractivity contribution in [3.05, 3.63) is 35.9 Å². The Morgan fingerprint density at radius 3 is 2.26 bits per heavy atom. The van der Waals surface area contributed by atoms with E-state index >= 15 is 0 Å². The van der Waals surface area contributed by atoms with Crippen LogP contribution in [-0.4, -0.2) is 93.6 Å². The largest absolute Gasteiger partial charge is 0.381 e. The second-order valence-corrected chi connectivity index (χ2v) is 12.1. The van der Waals surface area contributed by atoms with Crippen LogP contribution < -0.4 is 0 Å². The van der Waals surface area contributed by atoms with Crippen LogP contribution in [0.25, 0.3) is 0 Å². The van der Waals surface area contributed by atoms with E-state index in [9.17, 15) is 13.2 Å². The molecule has 0 N–H and O–H groups in total. The lowest BCUT2D eigenvalue weighted by atomic mass is 9.68. The van der Waals surface area contributed by atoms with Gasteiger partial charge in [0.15, 0.2) is 0 Å². The zero-order valence-corrected chi connectivity index (χ0v) is 19.7. The second-order valence-electron chi connectivity index (χ2n) is 9.86. The first-order chi connectivity index (χ1) is 14.7. The number of nitrogens with zero attached hydrogens (tertiary/aromatic N) is 3. The Hall–Kier alpha value is -1.64. The summed E-state index contributed by atoms with van der Waals surface area (Å²) in [7, 11) is 1.17. The van der Waals surface area contributed by atoms with E-state index in [4.69, 9.17) is 4.74 Å². The lowest BCUT2D eigenvalue weighted by molar-refractivity contribution is -0.0569. The van der Waals surface area contributed by atoms with Gasteiger partial charge in [0.2, 0.25) is 0 Å². The lowest BCUT2D eigenvalue weighted by Gasteiger charge is -2.51. The summed E-state index contributed by atoms with van der Waals surface area (Å²) in [6.45, 7) is 3.00. The molecule has 172 valence electrons. The molecule has 1 aliphatic carbocycles. The van der Waals surface area contributed by atoms with Crippen LogP contribution in [0.5, 0.6) is 0 Å². The van der Waals surface area contributed by atoms with E-state index in [1.165, 1.54) is 11.8 Å². The minimum atomic E-state index is -3.12. The molecular weight excluding hydrogens is 414 g/mol. The molecule has 2 aliphatic heterocycles. The van der Waals surface area contributed by atoms with Gasteiger partial charge in [-0.25, -0.2) is 13.2 Å². The van der Waals surface area contributed by atoms with Crippen molar-refractivity contribution in [2.75, 3.05) is 59.0 Å². The Morgan fingerprint density at radius 2 is 1.74 bits per heavy atom. The Morgan fingerprint density at radius 1 is 1.10 bits per heavy atom. The van der Waals surface area contributed by atoms with Crippen LogP contribution in [0.2, 0.25) is 0 Å². The lowest BCUT2D eigenvalue weighted by Crippen LogP contribution is -2.57. The van der Waals surface area contributed by atoms with Crippen LogP contribution in [0.4, 0.5) is 4.79 Å². The van der Waals surface area contributed by atoms with E-state index in [0.29, 0.717) is 32.2 Å². The fourth-order valence-electron chi connectivity index (χ4n) is 5.55. The van der Waals surface area contributed by atoms with Gasteiger partial charge in [-0.05, 0) is 45.3 Å². The van der Waals surface area contributed by atoms with Crippen molar-refractivity contribution in [2.45, 2.75) is 36.8 Å². The Bertz CT molecular complexity index is 891. The van der Waals surface area contributed by atoms with Crippen LogP contribution in [-0.2, 0) is 20.1 Å². The highest BCUT2D eigenvalue weighted by molar-refractivity contribution is 7.90. The Labute approximate surface area is 186 Å². The number of amides is 2. The number of carbonyl (C=O) groups excluding carboxylic acids is 1. The number of carbonyl (C=O) groups is 1. The molecule has 0 bridgehead atoms. The first-order valence-electron chi connectivity index (χ1n) is 11.2. The third kappa shape index (κ3) is 4.34. The van der Waals surface area contributed by atoms with Crippen molar-refractivity contribution >= 4 is 15.9 Å². The molecule has 1 aromatic rings. The van der Waals surface area contributed by atoms with E-state index in [2.05, 4.69) is 54.2 Å². The van der Waals surface area contributed by atoms with E-state index in [1.807, 2.05) is 0 Å². The minimum Gasteiger partial charge on any atom is -0.381 e. The molecule has 0 unspecified atom stereocenters. The molecule has 0 aromatic heterocycles. The summed E-state index contributed by atoms with van der Waals surface area (Å²) in [5.41, 5.74) is 1.06. The summed E-state index contributed by atoms with van der Waals surface area (Å²) >= 11 is 0. The van der Waals surface area contributed by atoms with Gasteiger partial charge in [0, 0.05) is 37.3 Å². The summed E-state index contributed by atoms with van der Waals surface area (Å²) < 4.78 is 28.8. The number of hydrogen-bond acceptors (Lipinski definition) is 5. The monoisotopic (exact) mass is 449 g/mol. The van der Waals surface area contributed by atoms with Gasteiger partial charge in [0.05, 0.1) is 24.5 Å². The highest BCUT2D eigenvalue weighted by Crippen LogP contribution is 2.49. The average molecular weight is 450 g/mol. The fourth-order valence-corrected chi connectivity index (χ4v) is 6.10. The predicted molar refractivity (Wildman–Crippen MR) is 121 cm³/mol. The van der Waals surface area contributed by atoms with Crippen LogP contribution in [0, 0.1) is 5.92 Å². The molecular formula is C23H35N3O4S. The van der Waals surface area contributed by atoms with Gasteiger partial charge in [-0.15, -0.1) is 0 Å². The smallest absolute Gasteiger partial charge is 0.320 e. The molecule has 8 heteroatoms. The zero-order chi connectivity index (χ0) is 22.3. The number of urea groups is 1. The van der Waals surface area contributed by atoms with Gasteiger partial charge < -0.3 is 14.5 Å². The predicted octanol–water partition coefficient (Wildman–Crippen LogP) is 2.18. The normalized spacial score (nSPS) is 29.7. The molecule has 31 heavy (non-hydrogen) atoms. The standard InChI is InChI=1S/C23H35N3O4S/c1-24(2)23(20-7-5-4-6-8-20)11-9-22(10-12-23)18-25(13-14-31(3,28)29)21(27)26(22)15-19-16-30-17-19/h4-8,19H,9-18H2,1-3H3/t22-,23+. The first-order valence-corrected chi connectivity index (χ1v) is 13.3. The van der Waals surface area contributed by atoms with E-state index in [-0.39, 0.29) is 29.4 Å². The highest BCUT2D eigenvalue weighted by atomic mass is 32.2. The number of ether oxygens (including phenoxy) is 1. The van der Waals surface area contributed by atoms with Crippen molar-refractivity contribution < 1.29 is 17.9 Å². The average Bonchev–Trinajstić information content (AvgIpc) is 2.95. The van der Waals surface area contributed by atoms with Crippen molar-refractivity contribution in [3.8, 4) is 0 Å². The van der Waals surface area contributed by atoms with Crippen LogP contribution >= 0.6 is 0 Å². The second kappa shape index (κ2) is 8.37. The molecule has 0 atom stereocenters. The molecule has 1 saturated carbocycles. The number of sulfone groups is 1. The van der Waals surface area contributed by atoms with Crippen molar-refractivity contribution in [3.63, 3.8) is 0 Å². The van der Waals surface area contributed by atoms with Crippen molar-refractivity contribution in [1.82, 2.24) is 14.7 Å².